The summed E-state index contributed by atoms with van der Waals surface area (Å²) in [6.45, 7) is 0. The Morgan fingerprint density at radius 1 is 0.298 bits per heavy atom. The van der Waals surface area contributed by atoms with E-state index in [1.54, 1.807) is 0 Å². The highest BCUT2D eigenvalue weighted by Gasteiger charge is 2.20. The van der Waals surface area contributed by atoms with Gasteiger partial charge in [-0.25, -0.2) is 0 Å². The largest absolute Gasteiger partial charge is 0.456 e. The third kappa shape index (κ3) is 5.76. The first-order valence-electron chi connectivity index (χ1n) is 19.3. The molecule has 2 aromatic heterocycles. The minimum Gasteiger partial charge on any atom is -0.456 e. The molecule has 0 N–H and O–H groups in total. The van der Waals surface area contributed by atoms with Crippen molar-refractivity contribution in [3.8, 4) is 44.5 Å². The molecule has 57 heavy (non-hydrogen) atoms. The minimum atomic E-state index is 0.853. The van der Waals surface area contributed by atoms with E-state index in [0.29, 0.717) is 0 Å². The van der Waals surface area contributed by atoms with E-state index in [9.17, 15) is 0 Å². The van der Waals surface area contributed by atoms with E-state index in [1.807, 2.05) is 12.1 Å². The van der Waals surface area contributed by atoms with Crippen molar-refractivity contribution in [1.29, 1.82) is 0 Å². The van der Waals surface area contributed by atoms with Gasteiger partial charge in [-0.3, -0.25) is 0 Å². The van der Waals surface area contributed by atoms with Gasteiger partial charge in [0.2, 0.25) is 0 Å². The SMILES string of the molecule is c1ccc(-c2ccc(N(c3ccc(-c4ccc5oc6c(-c7ccccc7)cccc6c5c4)cc3)c3cccc4oc5cc(-c6ccccc6)ccc5c34)cc2)cc1. The van der Waals surface area contributed by atoms with E-state index >= 15 is 0 Å². The van der Waals surface area contributed by atoms with Gasteiger partial charge in [-0.05, 0) is 99.6 Å². The van der Waals surface area contributed by atoms with Crippen molar-refractivity contribution < 1.29 is 8.83 Å². The lowest BCUT2D eigenvalue weighted by atomic mass is 9.99. The number of hydrogen-bond acceptors (Lipinski definition) is 3. The van der Waals surface area contributed by atoms with Crippen LogP contribution in [-0.2, 0) is 0 Å². The van der Waals surface area contributed by atoms with Crippen molar-refractivity contribution in [3.05, 3.63) is 212 Å². The summed E-state index contributed by atoms with van der Waals surface area (Å²) >= 11 is 0. The van der Waals surface area contributed by atoms with Crippen LogP contribution in [0.2, 0.25) is 0 Å². The predicted octanol–water partition coefficient (Wildman–Crippen LogP) is 15.6. The molecular weight excluding hydrogens is 695 g/mol. The summed E-state index contributed by atoms with van der Waals surface area (Å²) in [5.41, 5.74) is 15.9. The maximum Gasteiger partial charge on any atom is 0.143 e. The second kappa shape index (κ2) is 13.6. The molecule has 0 spiro atoms. The summed E-state index contributed by atoms with van der Waals surface area (Å²) in [6.07, 6.45) is 0. The van der Waals surface area contributed by atoms with E-state index in [0.717, 1.165) is 94.3 Å². The molecule has 0 amide bonds. The van der Waals surface area contributed by atoms with Crippen LogP contribution in [0, 0.1) is 0 Å². The Morgan fingerprint density at radius 2 is 0.842 bits per heavy atom. The number of furan rings is 2. The molecule has 0 aliphatic heterocycles. The lowest BCUT2D eigenvalue weighted by Gasteiger charge is -2.26. The van der Waals surface area contributed by atoms with Gasteiger partial charge < -0.3 is 13.7 Å². The summed E-state index contributed by atoms with van der Waals surface area (Å²) in [6, 6.07) is 75.0. The second-order valence-electron chi connectivity index (χ2n) is 14.5. The Labute approximate surface area is 330 Å². The minimum absolute atomic E-state index is 0.853. The van der Waals surface area contributed by atoms with Crippen LogP contribution in [0.25, 0.3) is 88.4 Å². The van der Waals surface area contributed by atoms with Gasteiger partial charge in [-0.15, -0.1) is 0 Å². The van der Waals surface area contributed by atoms with Gasteiger partial charge in [0.05, 0.1) is 11.1 Å². The maximum atomic E-state index is 6.59. The van der Waals surface area contributed by atoms with Crippen LogP contribution < -0.4 is 4.90 Å². The lowest BCUT2D eigenvalue weighted by Crippen LogP contribution is -2.10. The van der Waals surface area contributed by atoms with Gasteiger partial charge in [-0.2, -0.15) is 0 Å². The fourth-order valence-electron chi connectivity index (χ4n) is 8.29. The summed E-state index contributed by atoms with van der Waals surface area (Å²) < 4.78 is 13.1. The molecule has 0 saturated heterocycles. The van der Waals surface area contributed by atoms with E-state index < -0.39 is 0 Å². The third-order valence-electron chi connectivity index (χ3n) is 11.1. The van der Waals surface area contributed by atoms with Crippen LogP contribution in [0.1, 0.15) is 0 Å². The summed E-state index contributed by atoms with van der Waals surface area (Å²) in [5.74, 6) is 0. The molecule has 0 bridgehead atoms. The molecule has 268 valence electrons. The van der Waals surface area contributed by atoms with Crippen molar-refractivity contribution in [1.82, 2.24) is 0 Å². The van der Waals surface area contributed by atoms with Gasteiger partial charge in [0.15, 0.2) is 0 Å². The standard InChI is InChI=1S/C54H35NO2/c1-4-12-36(13-5-1)38-22-28-43(29-23-38)55(49-20-11-21-51-53(49)47-32-26-42(35-52(47)56-51)37-14-6-2-7-15-37)44-30-24-39(25-31-44)41-27-33-50-48(34-41)46-19-10-18-45(54(46)57-50)40-16-8-3-9-17-40/h1-35H. The smallest absolute Gasteiger partial charge is 0.143 e. The quantitative estimate of drug-likeness (QED) is 0.164. The number of rotatable bonds is 7. The Balaban J connectivity index is 1.02. The molecular formula is C54H35NO2. The molecule has 0 fully saturated rings. The van der Waals surface area contributed by atoms with Crippen molar-refractivity contribution in [2.75, 3.05) is 4.90 Å². The molecule has 9 aromatic carbocycles. The number of anilines is 3. The fourth-order valence-corrected chi connectivity index (χ4v) is 8.29. The molecule has 0 aliphatic rings. The Bertz CT molecular complexity index is 3200. The molecule has 2 heterocycles. The number of benzene rings is 9. The number of nitrogens with zero attached hydrogens (tertiary/aromatic N) is 1. The molecule has 0 aliphatic carbocycles. The summed E-state index contributed by atoms with van der Waals surface area (Å²) in [7, 11) is 0. The predicted molar refractivity (Wildman–Crippen MR) is 237 cm³/mol. The number of para-hydroxylation sites is 1. The van der Waals surface area contributed by atoms with Crippen LogP contribution in [0.4, 0.5) is 17.1 Å². The van der Waals surface area contributed by atoms with Crippen LogP contribution >= 0.6 is 0 Å². The van der Waals surface area contributed by atoms with Crippen molar-refractivity contribution in [3.63, 3.8) is 0 Å². The number of hydrogen-bond donors (Lipinski definition) is 0. The molecule has 11 aromatic rings. The molecule has 3 heteroatoms. The average Bonchev–Trinajstić information content (AvgIpc) is 3.86. The molecule has 0 saturated carbocycles. The fraction of sp³-hybridized carbons (Fsp3) is 0. The zero-order valence-corrected chi connectivity index (χ0v) is 31.0. The van der Waals surface area contributed by atoms with E-state index in [-0.39, 0.29) is 0 Å². The highest BCUT2D eigenvalue weighted by atomic mass is 16.3. The topological polar surface area (TPSA) is 29.5 Å². The van der Waals surface area contributed by atoms with Gasteiger partial charge in [0, 0.05) is 33.1 Å². The van der Waals surface area contributed by atoms with Crippen LogP contribution in [-0.4, -0.2) is 0 Å². The van der Waals surface area contributed by atoms with Gasteiger partial charge >= 0.3 is 0 Å². The zero-order chi connectivity index (χ0) is 37.7. The third-order valence-corrected chi connectivity index (χ3v) is 11.1. The molecule has 0 unspecified atom stereocenters. The van der Waals surface area contributed by atoms with Gasteiger partial charge in [-0.1, -0.05) is 152 Å². The maximum absolute atomic E-state index is 6.59. The lowest BCUT2D eigenvalue weighted by molar-refractivity contribution is 0.669. The molecule has 0 radical (unpaired) electrons. The van der Waals surface area contributed by atoms with Crippen LogP contribution in [0.5, 0.6) is 0 Å². The van der Waals surface area contributed by atoms with Gasteiger partial charge in [0.1, 0.15) is 22.3 Å². The van der Waals surface area contributed by atoms with E-state index in [2.05, 4.69) is 205 Å². The van der Waals surface area contributed by atoms with Crippen molar-refractivity contribution in [2.45, 2.75) is 0 Å². The first-order chi connectivity index (χ1) is 28.2. The van der Waals surface area contributed by atoms with Crippen molar-refractivity contribution >= 4 is 60.9 Å². The van der Waals surface area contributed by atoms with Crippen molar-refractivity contribution in [2.24, 2.45) is 0 Å². The Morgan fingerprint density at radius 3 is 1.53 bits per heavy atom. The summed E-state index contributed by atoms with van der Waals surface area (Å²) in [4.78, 5) is 2.35. The molecule has 11 rings (SSSR count). The highest BCUT2D eigenvalue weighted by Crippen LogP contribution is 2.45. The van der Waals surface area contributed by atoms with Crippen LogP contribution in [0.15, 0.2) is 221 Å². The monoisotopic (exact) mass is 729 g/mol. The first kappa shape index (κ1) is 32.8. The van der Waals surface area contributed by atoms with Crippen LogP contribution in [0.3, 0.4) is 0 Å². The first-order valence-corrected chi connectivity index (χ1v) is 19.3. The molecule has 3 nitrogen and oxygen atoms in total. The van der Waals surface area contributed by atoms with E-state index in [4.69, 9.17) is 8.83 Å². The average molecular weight is 730 g/mol. The summed E-state index contributed by atoms with van der Waals surface area (Å²) in [5, 5.41) is 4.39. The Kier molecular flexibility index (Phi) is 7.82. The zero-order valence-electron chi connectivity index (χ0n) is 31.0. The highest BCUT2D eigenvalue weighted by molar-refractivity contribution is 6.14. The molecule has 0 atom stereocenters. The normalized spacial score (nSPS) is 11.5. The second-order valence-corrected chi connectivity index (χ2v) is 14.5. The van der Waals surface area contributed by atoms with E-state index in [1.165, 1.54) is 11.1 Å². The Hall–Kier alpha value is -7.62. The van der Waals surface area contributed by atoms with Gasteiger partial charge in [0.25, 0.3) is 0 Å². The number of fused-ring (bicyclic) bond motifs is 6.